The first-order valence-corrected chi connectivity index (χ1v) is 12.5. The molecule has 0 saturated heterocycles. The lowest BCUT2D eigenvalue weighted by molar-refractivity contribution is -0.385. The number of ether oxygens (including phenoxy) is 2. The summed E-state index contributed by atoms with van der Waals surface area (Å²) in [6.07, 6.45) is 0. The van der Waals surface area contributed by atoms with Gasteiger partial charge in [0.25, 0.3) is 17.5 Å². The second-order valence-electron chi connectivity index (χ2n) is 9.23. The van der Waals surface area contributed by atoms with Crippen molar-refractivity contribution in [3.05, 3.63) is 134 Å². The first-order chi connectivity index (χ1) is 20.1. The molecule has 4 aromatic rings. The van der Waals surface area contributed by atoms with Crippen molar-refractivity contribution in [3.8, 4) is 5.75 Å². The third-order valence-corrected chi connectivity index (χ3v) is 6.44. The van der Waals surface area contributed by atoms with Crippen LogP contribution >= 0.6 is 0 Å². The average molecular weight is 565 g/mol. The van der Waals surface area contributed by atoms with Crippen LogP contribution < -0.4 is 9.64 Å². The van der Waals surface area contributed by atoms with E-state index in [0.29, 0.717) is 5.56 Å². The van der Waals surface area contributed by atoms with E-state index in [4.69, 9.17) is 9.47 Å². The quantitative estimate of drug-likeness (QED) is 0.0722. The van der Waals surface area contributed by atoms with Crippen molar-refractivity contribution in [2.24, 2.45) is 0 Å². The largest absolute Gasteiger partial charge is 0.454 e. The van der Waals surface area contributed by atoms with Gasteiger partial charge >= 0.3 is 11.9 Å². The summed E-state index contributed by atoms with van der Waals surface area (Å²) in [7, 11) is 0. The van der Waals surface area contributed by atoms with Crippen molar-refractivity contribution < 1.29 is 38.4 Å². The number of aryl methyl sites for hydroxylation is 1. The number of nitro groups is 1. The zero-order valence-corrected chi connectivity index (χ0v) is 21.9. The van der Waals surface area contributed by atoms with Crippen molar-refractivity contribution in [1.82, 2.24) is 0 Å². The first-order valence-electron chi connectivity index (χ1n) is 12.5. The van der Waals surface area contributed by atoms with Gasteiger partial charge in [0.15, 0.2) is 12.4 Å². The zero-order chi connectivity index (χ0) is 30.0. The highest BCUT2D eigenvalue weighted by molar-refractivity contribution is 6.35. The Bertz CT molecular complexity index is 1780. The van der Waals surface area contributed by atoms with Gasteiger partial charge in [-0.25, -0.2) is 14.5 Å². The summed E-state index contributed by atoms with van der Waals surface area (Å²) in [4.78, 5) is 74.8. The second kappa shape index (κ2) is 11.3. The average Bonchev–Trinajstić information content (AvgIpc) is 3.25. The van der Waals surface area contributed by atoms with Crippen LogP contribution in [-0.4, -0.2) is 41.1 Å². The molecule has 0 fully saturated rings. The summed E-state index contributed by atoms with van der Waals surface area (Å²) in [5, 5.41) is 11.4. The second-order valence-corrected chi connectivity index (χ2v) is 9.23. The summed E-state index contributed by atoms with van der Waals surface area (Å²) in [6, 6.07) is 21.7. The number of fused-ring (bicyclic) bond motifs is 1. The normalized spacial score (nSPS) is 12.1. The zero-order valence-electron chi connectivity index (χ0n) is 21.9. The van der Waals surface area contributed by atoms with Crippen LogP contribution in [0.3, 0.4) is 0 Å². The van der Waals surface area contributed by atoms with Gasteiger partial charge in [-0.2, -0.15) is 0 Å². The third kappa shape index (κ3) is 5.39. The smallest absolute Gasteiger partial charge is 0.343 e. The van der Waals surface area contributed by atoms with E-state index in [0.717, 1.165) is 16.5 Å². The van der Waals surface area contributed by atoms with Gasteiger partial charge in [-0.05, 0) is 67.6 Å². The van der Waals surface area contributed by atoms with Crippen LogP contribution in [0.4, 0.5) is 11.4 Å². The lowest BCUT2D eigenvalue weighted by Gasteiger charge is -2.14. The Morgan fingerprint density at radius 1 is 0.786 bits per heavy atom. The minimum atomic E-state index is -0.893. The van der Waals surface area contributed by atoms with Crippen molar-refractivity contribution >= 4 is 40.9 Å². The van der Waals surface area contributed by atoms with E-state index in [1.54, 1.807) is 24.3 Å². The Kier molecular flexibility index (Phi) is 7.40. The molecule has 0 atom stereocenters. The van der Waals surface area contributed by atoms with Crippen molar-refractivity contribution in [2.75, 3.05) is 11.5 Å². The van der Waals surface area contributed by atoms with Gasteiger partial charge in [0.2, 0.25) is 0 Å². The molecule has 0 aromatic heterocycles. The van der Waals surface area contributed by atoms with Crippen molar-refractivity contribution in [2.45, 2.75) is 6.92 Å². The van der Waals surface area contributed by atoms with Crippen LogP contribution in [0.1, 0.15) is 57.4 Å². The Hall–Kier alpha value is -5.97. The van der Waals surface area contributed by atoms with Crippen LogP contribution in [0.2, 0.25) is 0 Å². The molecule has 1 aliphatic rings. The molecule has 5 rings (SSSR count). The summed E-state index contributed by atoms with van der Waals surface area (Å²) >= 11 is 0. The number of esters is 2. The van der Waals surface area contributed by atoms with Gasteiger partial charge in [0.1, 0.15) is 11.3 Å². The summed E-state index contributed by atoms with van der Waals surface area (Å²) in [5.74, 6) is -3.41. The molecule has 2 amide bonds. The molecule has 1 aliphatic heterocycles. The van der Waals surface area contributed by atoms with E-state index in [1.165, 1.54) is 60.7 Å². The molecule has 4 aromatic carbocycles. The predicted octanol–water partition coefficient (Wildman–Crippen LogP) is 4.96. The van der Waals surface area contributed by atoms with Gasteiger partial charge in [0, 0.05) is 11.6 Å². The number of Topliss-reactive ketones (excluding diaryl/α,β-unsaturated/α-hetero) is 1. The summed E-state index contributed by atoms with van der Waals surface area (Å²) in [6.45, 7) is 1.29. The molecular weight excluding hydrogens is 544 g/mol. The number of anilines is 1. The maximum Gasteiger partial charge on any atom is 0.343 e. The maximum absolute atomic E-state index is 13.0. The number of ketones is 1. The van der Waals surface area contributed by atoms with E-state index in [2.05, 4.69) is 0 Å². The minimum absolute atomic E-state index is 0.00653. The lowest BCUT2D eigenvalue weighted by atomic mass is 10.1. The highest BCUT2D eigenvalue weighted by Gasteiger charge is 2.42. The fourth-order valence-corrected chi connectivity index (χ4v) is 4.29. The molecule has 0 unspecified atom stereocenters. The van der Waals surface area contributed by atoms with Crippen molar-refractivity contribution in [3.63, 3.8) is 0 Å². The Balaban J connectivity index is 1.22. The van der Waals surface area contributed by atoms with Gasteiger partial charge in [-0.15, -0.1) is 0 Å². The number of nitro benzene ring substituents is 1. The Morgan fingerprint density at radius 3 is 2.14 bits per heavy atom. The molecule has 0 bridgehead atoms. The number of benzene rings is 4. The lowest BCUT2D eigenvalue weighted by Crippen LogP contribution is -2.29. The number of amides is 2. The van der Waals surface area contributed by atoms with Gasteiger partial charge in [-0.3, -0.25) is 24.5 Å². The molecule has 0 saturated carbocycles. The monoisotopic (exact) mass is 564 g/mol. The minimum Gasteiger partial charge on any atom is -0.454 e. The molecule has 1 heterocycles. The SMILES string of the molecule is Cc1ccc(C(=O)Oc2ccc(C(=O)COC(=O)c3cccc(N4C(=O)c5cccc([N+](=O)[O-])c5C4=O)c3)cc2)cc1. The summed E-state index contributed by atoms with van der Waals surface area (Å²) < 4.78 is 10.5. The number of rotatable bonds is 8. The van der Waals surface area contributed by atoms with Crippen LogP contribution in [0.5, 0.6) is 5.75 Å². The fraction of sp³-hybridized carbons (Fsp3) is 0.0645. The Labute approximate surface area is 238 Å². The van der Waals surface area contributed by atoms with E-state index in [9.17, 15) is 34.1 Å². The van der Waals surface area contributed by atoms with E-state index < -0.39 is 46.8 Å². The van der Waals surface area contributed by atoms with E-state index in [-0.39, 0.29) is 33.7 Å². The van der Waals surface area contributed by atoms with Crippen molar-refractivity contribution in [1.29, 1.82) is 0 Å². The number of imide groups is 1. The third-order valence-electron chi connectivity index (χ3n) is 6.44. The molecule has 0 N–H and O–H groups in total. The highest BCUT2D eigenvalue weighted by atomic mass is 16.6. The molecule has 0 aliphatic carbocycles. The molecule has 11 heteroatoms. The fourth-order valence-electron chi connectivity index (χ4n) is 4.29. The van der Waals surface area contributed by atoms with Crippen LogP contribution in [0.15, 0.2) is 91.0 Å². The number of carbonyl (C=O) groups is 5. The molecule has 0 radical (unpaired) electrons. The predicted molar refractivity (Wildman–Crippen MR) is 148 cm³/mol. The molecule has 0 spiro atoms. The van der Waals surface area contributed by atoms with Crippen LogP contribution in [0.25, 0.3) is 0 Å². The summed E-state index contributed by atoms with van der Waals surface area (Å²) in [5.41, 5.74) is 0.585. The number of hydrogen-bond acceptors (Lipinski definition) is 9. The van der Waals surface area contributed by atoms with Gasteiger partial charge < -0.3 is 9.47 Å². The Morgan fingerprint density at radius 2 is 1.45 bits per heavy atom. The molecule has 42 heavy (non-hydrogen) atoms. The molecule has 11 nitrogen and oxygen atoms in total. The van der Waals surface area contributed by atoms with E-state index in [1.807, 2.05) is 6.92 Å². The van der Waals surface area contributed by atoms with Crippen LogP contribution in [-0.2, 0) is 4.74 Å². The van der Waals surface area contributed by atoms with Gasteiger partial charge in [0.05, 0.1) is 27.3 Å². The number of hydrogen-bond donors (Lipinski definition) is 0. The maximum atomic E-state index is 13.0. The highest BCUT2D eigenvalue weighted by Crippen LogP contribution is 2.34. The topological polar surface area (TPSA) is 150 Å². The van der Waals surface area contributed by atoms with Crippen LogP contribution in [0, 0.1) is 17.0 Å². The van der Waals surface area contributed by atoms with Gasteiger partial charge in [-0.1, -0.05) is 29.8 Å². The van der Waals surface area contributed by atoms with E-state index >= 15 is 0 Å². The first kappa shape index (κ1) is 27.6. The molecule has 208 valence electrons. The number of carbonyl (C=O) groups excluding carboxylic acids is 5. The standard InChI is InChI=1S/C31H20N2O9/c1-18-8-10-20(11-9-18)31(38)42-23-14-12-19(13-15-23)26(34)17-41-30(37)21-4-2-5-22(16-21)32-28(35)24-6-3-7-25(33(39)40)27(24)29(32)36/h2-16H,17H2,1H3. The molecular formula is C31H20N2O9. The number of nitrogens with zero attached hydrogens (tertiary/aromatic N) is 2.